The molecule has 0 aliphatic carbocycles. The van der Waals surface area contributed by atoms with Crippen LogP contribution < -0.4 is 5.32 Å². The number of aromatic carboxylic acids is 1. The van der Waals surface area contributed by atoms with Gasteiger partial charge in [0.05, 0.1) is 5.69 Å². The molecule has 1 heterocycles. The Morgan fingerprint density at radius 1 is 1.28 bits per heavy atom. The molecule has 1 aromatic heterocycles. The molecule has 5 heteroatoms. The first-order chi connectivity index (χ1) is 8.66. The van der Waals surface area contributed by atoms with Crippen LogP contribution in [0.2, 0.25) is 0 Å². The Balaban J connectivity index is 0.000000771. The largest absolute Gasteiger partial charge is 0.477 e. The van der Waals surface area contributed by atoms with Gasteiger partial charge in [0.2, 0.25) is 0 Å². The number of benzene rings is 1. The molecular weight excluding hydrogens is 248 g/mol. The summed E-state index contributed by atoms with van der Waals surface area (Å²) in [5.41, 5.74) is 1.43. The predicted octanol–water partition coefficient (Wildman–Crippen LogP) is 3.92. The van der Waals surface area contributed by atoms with E-state index in [9.17, 15) is 4.79 Å². The average Bonchev–Trinajstić information content (AvgIpc) is 2.74. The minimum absolute atomic E-state index is 0.276. The fourth-order valence-electron chi connectivity index (χ4n) is 1.29. The van der Waals surface area contributed by atoms with Gasteiger partial charge >= 0.3 is 5.97 Å². The number of thiazole rings is 1. The normalized spacial score (nSPS) is 9.28. The summed E-state index contributed by atoms with van der Waals surface area (Å²) >= 11 is 1.14. The molecule has 0 saturated carbocycles. The van der Waals surface area contributed by atoms with Crippen molar-refractivity contribution in [2.24, 2.45) is 0 Å². The summed E-state index contributed by atoms with van der Waals surface area (Å²) in [4.78, 5) is 15.3. The van der Waals surface area contributed by atoms with Gasteiger partial charge < -0.3 is 10.4 Å². The molecule has 2 N–H and O–H groups in total. The number of carbonyl (C=O) groups is 1. The fraction of sp³-hybridized carbons (Fsp3) is 0.231. The Bertz CT molecular complexity index is 509. The summed E-state index contributed by atoms with van der Waals surface area (Å²) in [6.45, 7) is 5.69. The predicted molar refractivity (Wildman–Crippen MR) is 74.9 cm³/mol. The second kappa shape index (κ2) is 6.76. The molecule has 0 spiro atoms. The summed E-state index contributed by atoms with van der Waals surface area (Å²) in [7, 11) is 0. The van der Waals surface area contributed by atoms with Gasteiger partial charge in [0, 0.05) is 5.69 Å². The van der Waals surface area contributed by atoms with Crippen molar-refractivity contribution < 1.29 is 9.90 Å². The van der Waals surface area contributed by atoms with Crippen LogP contribution in [0, 0.1) is 6.92 Å². The first-order valence-electron chi connectivity index (χ1n) is 5.69. The Morgan fingerprint density at radius 3 is 2.39 bits per heavy atom. The number of para-hydroxylation sites is 1. The molecule has 4 nitrogen and oxygen atoms in total. The first kappa shape index (κ1) is 14.2. The maximum atomic E-state index is 10.8. The van der Waals surface area contributed by atoms with Gasteiger partial charge in [0.1, 0.15) is 4.88 Å². The van der Waals surface area contributed by atoms with E-state index in [0.29, 0.717) is 10.8 Å². The van der Waals surface area contributed by atoms with Crippen LogP contribution in [0.5, 0.6) is 0 Å². The number of rotatable bonds is 3. The van der Waals surface area contributed by atoms with Crippen LogP contribution in [0.1, 0.15) is 29.2 Å². The third-order valence-electron chi connectivity index (χ3n) is 2.02. The number of anilines is 2. The van der Waals surface area contributed by atoms with E-state index in [1.54, 1.807) is 6.92 Å². The summed E-state index contributed by atoms with van der Waals surface area (Å²) in [5, 5.41) is 12.6. The van der Waals surface area contributed by atoms with Crippen molar-refractivity contribution in [3.05, 3.63) is 40.9 Å². The third-order valence-corrected chi connectivity index (χ3v) is 3.08. The summed E-state index contributed by atoms with van der Waals surface area (Å²) < 4.78 is 0. The number of nitrogens with zero attached hydrogens (tertiary/aromatic N) is 1. The highest BCUT2D eigenvalue weighted by Crippen LogP contribution is 2.25. The molecule has 0 radical (unpaired) electrons. The zero-order valence-electron chi connectivity index (χ0n) is 10.6. The SMILES string of the molecule is CC.Cc1nc(Nc2ccccc2)sc1C(=O)O. The number of carboxylic acid groups (broad SMARTS) is 1. The minimum Gasteiger partial charge on any atom is -0.477 e. The molecule has 0 atom stereocenters. The van der Waals surface area contributed by atoms with E-state index < -0.39 is 5.97 Å². The number of aryl methyl sites for hydroxylation is 1. The number of hydrogen-bond donors (Lipinski definition) is 2. The molecule has 2 aromatic rings. The van der Waals surface area contributed by atoms with Crippen LogP contribution in [0.3, 0.4) is 0 Å². The van der Waals surface area contributed by atoms with Crippen LogP contribution in [0.4, 0.5) is 10.8 Å². The van der Waals surface area contributed by atoms with E-state index in [1.165, 1.54) is 0 Å². The molecule has 2 rings (SSSR count). The van der Waals surface area contributed by atoms with Crippen LogP contribution in [-0.4, -0.2) is 16.1 Å². The van der Waals surface area contributed by atoms with Crippen molar-refractivity contribution in [3.63, 3.8) is 0 Å². The highest BCUT2D eigenvalue weighted by atomic mass is 32.1. The molecule has 18 heavy (non-hydrogen) atoms. The number of aromatic nitrogens is 1. The van der Waals surface area contributed by atoms with E-state index >= 15 is 0 Å². The molecule has 0 unspecified atom stereocenters. The lowest BCUT2D eigenvalue weighted by molar-refractivity contribution is 0.0701. The summed E-state index contributed by atoms with van der Waals surface area (Å²) in [6, 6.07) is 9.52. The molecule has 0 aliphatic rings. The van der Waals surface area contributed by atoms with Gasteiger partial charge in [-0.05, 0) is 19.1 Å². The lowest BCUT2D eigenvalue weighted by atomic mass is 10.3. The van der Waals surface area contributed by atoms with Gasteiger partial charge in [0.25, 0.3) is 0 Å². The van der Waals surface area contributed by atoms with Crippen LogP contribution in [0.15, 0.2) is 30.3 Å². The molecule has 0 aliphatic heterocycles. The van der Waals surface area contributed by atoms with Crippen molar-refractivity contribution in [1.82, 2.24) is 4.98 Å². The second-order valence-electron chi connectivity index (χ2n) is 3.23. The van der Waals surface area contributed by atoms with Crippen LogP contribution in [0.25, 0.3) is 0 Å². The molecule has 0 saturated heterocycles. The Hall–Kier alpha value is -1.88. The van der Waals surface area contributed by atoms with Gasteiger partial charge in [-0.2, -0.15) is 0 Å². The summed E-state index contributed by atoms with van der Waals surface area (Å²) in [6.07, 6.45) is 0. The quantitative estimate of drug-likeness (QED) is 0.882. The van der Waals surface area contributed by atoms with E-state index in [0.717, 1.165) is 17.0 Å². The third kappa shape index (κ3) is 3.56. The van der Waals surface area contributed by atoms with Crippen LogP contribution in [-0.2, 0) is 0 Å². The molecule has 0 bridgehead atoms. The summed E-state index contributed by atoms with van der Waals surface area (Å²) in [5.74, 6) is -0.934. The van der Waals surface area contributed by atoms with Crippen molar-refractivity contribution >= 4 is 28.1 Å². The lowest BCUT2D eigenvalue weighted by Crippen LogP contribution is -1.94. The van der Waals surface area contributed by atoms with Crippen molar-refractivity contribution in [2.45, 2.75) is 20.8 Å². The van der Waals surface area contributed by atoms with E-state index in [-0.39, 0.29) is 4.88 Å². The highest BCUT2D eigenvalue weighted by Gasteiger charge is 2.13. The maximum Gasteiger partial charge on any atom is 0.347 e. The topological polar surface area (TPSA) is 62.2 Å². The monoisotopic (exact) mass is 264 g/mol. The van der Waals surface area contributed by atoms with E-state index in [1.807, 2.05) is 44.2 Å². The molecule has 1 aromatic carbocycles. The first-order valence-corrected chi connectivity index (χ1v) is 6.51. The Labute approximate surface area is 110 Å². The molecule has 0 amide bonds. The van der Waals surface area contributed by atoms with Crippen molar-refractivity contribution in [2.75, 3.05) is 5.32 Å². The molecule has 96 valence electrons. The van der Waals surface area contributed by atoms with Crippen LogP contribution >= 0.6 is 11.3 Å². The van der Waals surface area contributed by atoms with Crippen molar-refractivity contribution in [1.29, 1.82) is 0 Å². The van der Waals surface area contributed by atoms with E-state index in [2.05, 4.69) is 10.3 Å². The smallest absolute Gasteiger partial charge is 0.347 e. The van der Waals surface area contributed by atoms with E-state index in [4.69, 9.17) is 5.11 Å². The minimum atomic E-state index is -0.934. The van der Waals surface area contributed by atoms with Gasteiger partial charge in [-0.1, -0.05) is 43.4 Å². The van der Waals surface area contributed by atoms with Gasteiger partial charge in [-0.25, -0.2) is 9.78 Å². The zero-order valence-corrected chi connectivity index (χ0v) is 11.4. The highest BCUT2D eigenvalue weighted by molar-refractivity contribution is 7.17. The second-order valence-corrected chi connectivity index (χ2v) is 4.23. The van der Waals surface area contributed by atoms with Gasteiger partial charge in [0.15, 0.2) is 5.13 Å². The fourth-order valence-corrected chi connectivity index (χ4v) is 2.12. The Kier molecular flexibility index (Phi) is 5.32. The standard InChI is InChI=1S/C11H10N2O2S.C2H6/c1-7-9(10(14)15)16-11(12-7)13-8-5-3-2-4-6-8;1-2/h2-6H,1H3,(H,12,13)(H,14,15);1-2H3. The Morgan fingerprint density at radius 2 is 1.89 bits per heavy atom. The average molecular weight is 264 g/mol. The maximum absolute atomic E-state index is 10.8. The molecule has 0 fully saturated rings. The van der Waals surface area contributed by atoms with Gasteiger partial charge in [-0.15, -0.1) is 0 Å². The van der Waals surface area contributed by atoms with Gasteiger partial charge in [-0.3, -0.25) is 0 Å². The number of carboxylic acids is 1. The number of hydrogen-bond acceptors (Lipinski definition) is 4. The number of nitrogens with one attached hydrogen (secondary N) is 1. The zero-order chi connectivity index (χ0) is 13.5. The van der Waals surface area contributed by atoms with Crippen molar-refractivity contribution in [3.8, 4) is 0 Å². The molecular formula is C13H16N2O2S. The lowest BCUT2D eigenvalue weighted by Gasteiger charge is -2.00.